The molecule has 1 unspecified atom stereocenters. The van der Waals surface area contributed by atoms with Crippen LogP contribution >= 0.6 is 7.82 Å². The average molecular weight is 681 g/mol. The van der Waals surface area contributed by atoms with Gasteiger partial charge in [0.2, 0.25) is 0 Å². The quantitative estimate of drug-likeness (QED) is 0.0337. The van der Waals surface area contributed by atoms with Crippen LogP contribution in [0, 0.1) is 0 Å². The number of aliphatic hydroxyl groups is 2. The van der Waals surface area contributed by atoms with Crippen LogP contribution in [0.5, 0.6) is 0 Å². The van der Waals surface area contributed by atoms with E-state index >= 15 is 0 Å². The van der Waals surface area contributed by atoms with Crippen molar-refractivity contribution in [2.45, 2.75) is 187 Å². The van der Waals surface area contributed by atoms with E-state index in [1.165, 1.54) is 96.3 Å². The summed E-state index contributed by atoms with van der Waals surface area (Å²) in [4.78, 5) is 34.7. The van der Waals surface area contributed by atoms with Gasteiger partial charge in [0.05, 0.1) is 19.8 Å². The molecule has 0 amide bonds. The summed E-state index contributed by atoms with van der Waals surface area (Å²) in [5.41, 5.74) is 0. The first kappa shape index (κ1) is 45.0. The molecule has 0 radical (unpaired) electrons. The summed E-state index contributed by atoms with van der Waals surface area (Å²) in [6.45, 7) is 2.36. The van der Waals surface area contributed by atoms with Crippen molar-refractivity contribution in [3.63, 3.8) is 0 Å². The smallest absolute Gasteiger partial charge is 0.462 e. The Hall–Kier alpha value is -1.03. The second kappa shape index (κ2) is 32.5. The van der Waals surface area contributed by atoms with Crippen molar-refractivity contribution in [3.05, 3.63) is 0 Å². The van der Waals surface area contributed by atoms with Gasteiger partial charge in [-0.1, -0.05) is 149 Å². The molecule has 0 rings (SSSR count). The molecule has 0 aliphatic heterocycles. The second-order valence-electron chi connectivity index (χ2n) is 12.6. The molecule has 274 valence electrons. The number of aliphatic hydroxyl groups excluding tert-OH is 2. The zero-order valence-corrected chi connectivity index (χ0v) is 30.2. The molecule has 0 aliphatic carbocycles. The van der Waals surface area contributed by atoms with Crippen LogP contribution in [0.1, 0.15) is 174 Å². The first-order valence-corrected chi connectivity index (χ1v) is 20.0. The van der Waals surface area contributed by atoms with Gasteiger partial charge in [0.1, 0.15) is 12.7 Å². The SMILES string of the molecule is CCCCCCCCCCCCCCCC(=O)O[C@@H](COC(=O)CCCCCCCCCCCC)COP(=O)(O)OC[C@H](O)CO. The van der Waals surface area contributed by atoms with E-state index in [0.717, 1.165) is 38.5 Å². The number of rotatable bonds is 35. The molecule has 3 atom stereocenters. The van der Waals surface area contributed by atoms with Crippen molar-refractivity contribution in [2.24, 2.45) is 0 Å². The van der Waals surface area contributed by atoms with E-state index in [4.69, 9.17) is 19.1 Å². The Balaban J connectivity index is 4.36. The maximum absolute atomic E-state index is 12.5. The number of esters is 2. The van der Waals surface area contributed by atoms with Gasteiger partial charge in [0, 0.05) is 12.8 Å². The lowest BCUT2D eigenvalue weighted by Gasteiger charge is -2.20. The summed E-state index contributed by atoms with van der Waals surface area (Å²) in [7, 11) is -4.60. The van der Waals surface area contributed by atoms with Crippen LogP contribution in [-0.2, 0) is 32.7 Å². The van der Waals surface area contributed by atoms with Gasteiger partial charge in [-0.2, -0.15) is 0 Å². The first-order chi connectivity index (χ1) is 22.2. The van der Waals surface area contributed by atoms with Gasteiger partial charge in [-0.3, -0.25) is 18.6 Å². The van der Waals surface area contributed by atoms with Gasteiger partial charge in [-0.05, 0) is 12.8 Å². The third kappa shape index (κ3) is 31.6. The van der Waals surface area contributed by atoms with Crippen LogP contribution in [0.3, 0.4) is 0 Å². The lowest BCUT2D eigenvalue weighted by atomic mass is 10.0. The minimum atomic E-state index is -4.60. The molecule has 0 saturated heterocycles. The molecule has 0 aromatic heterocycles. The molecule has 3 N–H and O–H groups in total. The standard InChI is InChI=1S/C35H69O10P/c1-3-5-7-9-11-13-15-16-17-19-21-23-25-27-35(39)45-33(31-44-46(40,41)43-29-32(37)28-36)30-42-34(38)26-24-22-20-18-14-12-10-8-6-4-2/h32-33,36-37H,3-31H2,1-2H3,(H,40,41)/t32-,33+/m1/s1. The largest absolute Gasteiger partial charge is 0.472 e. The molecule has 0 aromatic carbocycles. The summed E-state index contributed by atoms with van der Waals surface area (Å²) >= 11 is 0. The monoisotopic (exact) mass is 680 g/mol. The third-order valence-electron chi connectivity index (χ3n) is 8.01. The highest BCUT2D eigenvalue weighted by atomic mass is 31.2. The zero-order valence-electron chi connectivity index (χ0n) is 29.3. The molecule has 0 aromatic rings. The number of phosphoric ester groups is 1. The van der Waals surface area contributed by atoms with Gasteiger partial charge in [-0.15, -0.1) is 0 Å². The highest BCUT2D eigenvalue weighted by molar-refractivity contribution is 7.47. The normalized spacial score (nSPS) is 14.1. The third-order valence-corrected chi connectivity index (χ3v) is 8.96. The lowest BCUT2D eigenvalue weighted by Crippen LogP contribution is -2.29. The Morgan fingerprint density at radius 2 is 0.935 bits per heavy atom. The predicted molar refractivity (Wildman–Crippen MR) is 182 cm³/mol. The minimum absolute atomic E-state index is 0.191. The van der Waals surface area contributed by atoms with Gasteiger partial charge >= 0.3 is 19.8 Å². The minimum Gasteiger partial charge on any atom is -0.462 e. The van der Waals surface area contributed by atoms with Crippen LogP contribution in [-0.4, -0.2) is 65.7 Å². The first-order valence-electron chi connectivity index (χ1n) is 18.5. The fraction of sp³-hybridized carbons (Fsp3) is 0.943. The maximum atomic E-state index is 12.5. The molecule has 11 heteroatoms. The van der Waals surface area contributed by atoms with Gasteiger partial charge in [-0.25, -0.2) is 4.57 Å². The number of unbranched alkanes of at least 4 members (excludes halogenated alkanes) is 21. The van der Waals surface area contributed by atoms with Crippen LogP contribution < -0.4 is 0 Å². The molecular formula is C35H69O10P. The number of hydrogen-bond acceptors (Lipinski definition) is 9. The molecular weight excluding hydrogens is 611 g/mol. The molecule has 10 nitrogen and oxygen atoms in total. The Kier molecular flexibility index (Phi) is 31.8. The fourth-order valence-corrected chi connectivity index (χ4v) is 5.90. The molecule has 0 saturated carbocycles. The summed E-state index contributed by atoms with van der Waals surface area (Å²) in [6, 6.07) is 0. The summed E-state index contributed by atoms with van der Waals surface area (Å²) in [5, 5.41) is 18.2. The molecule has 46 heavy (non-hydrogen) atoms. The Morgan fingerprint density at radius 1 is 0.565 bits per heavy atom. The predicted octanol–water partition coefficient (Wildman–Crippen LogP) is 8.72. The average Bonchev–Trinajstić information content (AvgIpc) is 3.04. The Morgan fingerprint density at radius 3 is 1.35 bits per heavy atom. The lowest BCUT2D eigenvalue weighted by molar-refractivity contribution is -0.161. The number of ether oxygens (including phenoxy) is 2. The van der Waals surface area contributed by atoms with Gasteiger partial charge in [0.25, 0.3) is 0 Å². The number of carbonyl (C=O) groups is 2. The molecule has 0 spiro atoms. The highest BCUT2D eigenvalue weighted by Crippen LogP contribution is 2.43. The summed E-state index contributed by atoms with van der Waals surface area (Å²) < 4.78 is 32.5. The molecule has 0 aliphatic rings. The van der Waals surface area contributed by atoms with E-state index in [2.05, 4.69) is 18.4 Å². The maximum Gasteiger partial charge on any atom is 0.472 e. The second-order valence-corrected chi connectivity index (χ2v) is 14.1. The molecule has 0 fully saturated rings. The van der Waals surface area contributed by atoms with Crippen LogP contribution in [0.25, 0.3) is 0 Å². The van der Waals surface area contributed by atoms with Gasteiger partial charge < -0.3 is 24.6 Å². The fourth-order valence-electron chi connectivity index (χ4n) is 5.11. The van der Waals surface area contributed by atoms with Crippen molar-refractivity contribution in [1.82, 2.24) is 0 Å². The summed E-state index contributed by atoms with van der Waals surface area (Å²) in [5.74, 6) is -0.918. The topological polar surface area (TPSA) is 149 Å². The van der Waals surface area contributed by atoms with Crippen LogP contribution in [0.2, 0.25) is 0 Å². The van der Waals surface area contributed by atoms with E-state index in [9.17, 15) is 24.2 Å². The molecule has 0 heterocycles. The Bertz CT molecular complexity index is 751. The van der Waals surface area contributed by atoms with E-state index in [0.29, 0.717) is 12.8 Å². The van der Waals surface area contributed by atoms with E-state index in [1.54, 1.807) is 0 Å². The van der Waals surface area contributed by atoms with Crippen LogP contribution in [0.15, 0.2) is 0 Å². The summed E-state index contributed by atoms with van der Waals surface area (Å²) in [6.07, 6.45) is 25.0. The van der Waals surface area contributed by atoms with Crippen molar-refractivity contribution < 1.29 is 47.8 Å². The number of phosphoric acid groups is 1. The van der Waals surface area contributed by atoms with E-state index < -0.39 is 51.8 Å². The van der Waals surface area contributed by atoms with Crippen molar-refractivity contribution >= 4 is 19.8 Å². The zero-order chi connectivity index (χ0) is 34.1. The van der Waals surface area contributed by atoms with Crippen molar-refractivity contribution in [1.29, 1.82) is 0 Å². The van der Waals surface area contributed by atoms with Gasteiger partial charge in [0.15, 0.2) is 6.10 Å². The Labute approximate surface area is 280 Å². The number of hydrogen-bond donors (Lipinski definition) is 3. The van der Waals surface area contributed by atoms with Crippen molar-refractivity contribution in [2.75, 3.05) is 26.4 Å². The number of carbonyl (C=O) groups excluding carboxylic acids is 2. The van der Waals surface area contributed by atoms with Crippen LogP contribution in [0.4, 0.5) is 0 Å². The van der Waals surface area contributed by atoms with Crippen molar-refractivity contribution in [3.8, 4) is 0 Å². The molecule has 0 bridgehead atoms. The van der Waals surface area contributed by atoms with E-state index in [1.807, 2.05) is 0 Å². The highest BCUT2D eigenvalue weighted by Gasteiger charge is 2.27. The van der Waals surface area contributed by atoms with E-state index in [-0.39, 0.29) is 19.4 Å².